The third-order valence-electron chi connectivity index (χ3n) is 7.62. The largest absolute Gasteiger partial charge is 0.349 e. The van der Waals surface area contributed by atoms with Crippen LogP contribution in [0, 0.1) is 12.8 Å². The van der Waals surface area contributed by atoms with Crippen molar-refractivity contribution in [2.24, 2.45) is 5.92 Å². The predicted molar refractivity (Wildman–Crippen MR) is 150 cm³/mol. The van der Waals surface area contributed by atoms with Crippen molar-refractivity contribution in [2.75, 3.05) is 0 Å². The molecule has 1 fully saturated rings. The Morgan fingerprint density at radius 3 is 2.61 bits per heavy atom. The summed E-state index contributed by atoms with van der Waals surface area (Å²) in [4.78, 5) is 35.3. The number of carbonyl (C=O) groups is 1. The molecule has 1 saturated carbocycles. The smallest absolute Gasteiger partial charge is 0.333 e. The van der Waals surface area contributed by atoms with Crippen LogP contribution in [-0.2, 0) is 6.54 Å². The Labute approximate surface area is 225 Å². The fourth-order valence-electron chi connectivity index (χ4n) is 5.65. The van der Waals surface area contributed by atoms with Gasteiger partial charge in [-0.15, -0.1) is 0 Å². The number of pyridine rings is 2. The highest BCUT2D eigenvalue weighted by Gasteiger charge is 2.26. The molecule has 6 rings (SSSR count). The number of aryl methyl sites for hydroxylation is 1. The van der Waals surface area contributed by atoms with Crippen LogP contribution >= 0.6 is 11.6 Å². The van der Waals surface area contributed by atoms with Gasteiger partial charge in [0.1, 0.15) is 0 Å². The van der Waals surface area contributed by atoms with E-state index in [0.717, 1.165) is 53.3 Å². The average molecular weight is 526 g/mol. The van der Waals surface area contributed by atoms with Crippen molar-refractivity contribution in [2.45, 2.75) is 45.2 Å². The van der Waals surface area contributed by atoms with Gasteiger partial charge in [-0.25, -0.2) is 4.79 Å². The predicted octanol–water partition coefficient (Wildman–Crippen LogP) is 5.69. The summed E-state index contributed by atoms with van der Waals surface area (Å²) < 4.78 is 3.72. The maximum absolute atomic E-state index is 13.9. The van der Waals surface area contributed by atoms with Crippen molar-refractivity contribution >= 4 is 39.4 Å². The molecule has 7 nitrogen and oxygen atoms in total. The van der Waals surface area contributed by atoms with E-state index in [1.165, 1.54) is 0 Å². The molecule has 3 heterocycles. The molecule has 0 radical (unpaired) electrons. The number of para-hydroxylation sites is 2. The Morgan fingerprint density at radius 2 is 1.79 bits per heavy atom. The second kappa shape index (κ2) is 10.1. The van der Waals surface area contributed by atoms with Gasteiger partial charge in [0.25, 0.3) is 5.91 Å². The number of amides is 1. The molecule has 1 N–H and O–H groups in total. The third kappa shape index (κ3) is 4.47. The number of halogens is 1. The molecule has 0 spiro atoms. The van der Waals surface area contributed by atoms with Crippen molar-refractivity contribution in [3.05, 3.63) is 99.8 Å². The van der Waals surface area contributed by atoms with Crippen LogP contribution in [0.3, 0.4) is 0 Å². The lowest BCUT2D eigenvalue weighted by atomic mass is 9.85. The minimum absolute atomic E-state index is 0.0399. The van der Waals surface area contributed by atoms with Crippen LogP contribution in [0.25, 0.3) is 27.6 Å². The van der Waals surface area contributed by atoms with E-state index in [1.54, 1.807) is 18.5 Å². The summed E-state index contributed by atoms with van der Waals surface area (Å²) in [6, 6.07) is 19.5. The summed E-state index contributed by atoms with van der Waals surface area (Å²) in [5.41, 5.74) is 4.66. The lowest BCUT2D eigenvalue weighted by Gasteiger charge is -2.29. The van der Waals surface area contributed by atoms with Crippen molar-refractivity contribution in [1.29, 1.82) is 0 Å². The van der Waals surface area contributed by atoms with Crippen molar-refractivity contribution < 1.29 is 4.79 Å². The monoisotopic (exact) mass is 525 g/mol. The highest BCUT2D eigenvalue weighted by Crippen LogP contribution is 2.29. The van der Waals surface area contributed by atoms with E-state index in [9.17, 15) is 9.59 Å². The molecule has 0 saturated heterocycles. The Hall–Kier alpha value is -3.97. The Balaban J connectivity index is 1.23. The van der Waals surface area contributed by atoms with Crippen LogP contribution in [0.15, 0.2) is 77.9 Å². The van der Waals surface area contributed by atoms with Gasteiger partial charge < -0.3 is 5.32 Å². The highest BCUT2D eigenvalue weighted by molar-refractivity contribution is 6.30. The third-order valence-corrected chi connectivity index (χ3v) is 7.83. The topological polar surface area (TPSA) is 81.8 Å². The quantitative estimate of drug-likeness (QED) is 0.320. The summed E-state index contributed by atoms with van der Waals surface area (Å²) in [6.07, 6.45) is 6.92. The van der Waals surface area contributed by atoms with Crippen LogP contribution in [0.4, 0.5) is 0 Å². The molecule has 0 bridgehead atoms. The zero-order valence-electron chi connectivity index (χ0n) is 21.1. The minimum atomic E-state index is -0.134. The van der Waals surface area contributed by atoms with Crippen LogP contribution in [0.1, 0.15) is 41.7 Å². The van der Waals surface area contributed by atoms with Gasteiger partial charge in [-0.05, 0) is 81.0 Å². The summed E-state index contributed by atoms with van der Waals surface area (Å²) in [7, 11) is 0. The molecule has 38 heavy (non-hydrogen) atoms. The lowest BCUT2D eigenvalue weighted by Crippen LogP contribution is -2.39. The summed E-state index contributed by atoms with van der Waals surface area (Å²) in [5, 5.41) is 4.55. The van der Waals surface area contributed by atoms with Crippen LogP contribution in [0.5, 0.6) is 0 Å². The van der Waals surface area contributed by atoms with Gasteiger partial charge in [0.2, 0.25) is 0 Å². The van der Waals surface area contributed by atoms with E-state index in [-0.39, 0.29) is 17.6 Å². The molecule has 1 aliphatic rings. The van der Waals surface area contributed by atoms with Crippen LogP contribution in [-0.4, -0.2) is 31.1 Å². The van der Waals surface area contributed by atoms with Gasteiger partial charge in [-0.1, -0.05) is 29.8 Å². The normalized spacial score (nSPS) is 17.6. The van der Waals surface area contributed by atoms with Crippen molar-refractivity contribution in [3.8, 4) is 5.69 Å². The number of aromatic nitrogens is 4. The number of carbonyl (C=O) groups excluding carboxylic acids is 1. The molecule has 1 aliphatic carbocycles. The zero-order chi connectivity index (χ0) is 26.2. The first-order valence-electron chi connectivity index (χ1n) is 13.0. The highest BCUT2D eigenvalue weighted by atomic mass is 35.5. The molecule has 3 aromatic heterocycles. The van der Waals surface area contributed by atoms with E-state index >= 15 is 0 Å². The summed E-state index contributed by atoms with van der Waals surface area (Å²) in [5.74, 6) is 0.216. The van der Waals surface area contributed by atoms with E-state index in [1.807, 2.05) is 70.7 Å². The second-order valence-corrected chi connectivity index (χ2v) is 10.5. The SMILES string of the molecule is Cc1ncc(Cl)cc1C(=O)N[C@H]1CC[C@H](Cn2c(=O)n(-c3cccc4ncccc34)c3ccccc32)CC1. The lowest BCUT2D eigenvalue weighted by molar-refractivity contribution is 0.0919. The number of hydrogen-bond acceptors (Lipinski definition) is 4. The first-order valence-corrected chi connectivity index (χ1v) is 13.3. The van der Waals surface area contributed by atoms with E-state index < -0.39 is 0 Å². The number of fused-ring (bicyclic) bond motifs is 2. The molecule has 2 aromatic carbocycles. The number of hydrogen-bond donors (Lipinski definition) is 1. The fourth-order valence-corrected chi connectivity index (χ4v) is 5.81. The molecule has 8 heteroatoms. The second-order valence-electron chi connectivity index (χ2n) is 10.0. The van der Waals surface area contributed by atoms with E-state index in [2.05, 4.69) is 15.3 Å². The number of benzene rings is 2. The molecule has 5 aromatic rings. The number of rotatable bonds is 5. The van der Waals surface area contributed by atoms with E-state index in [4.69, 9.17) is 11.6 Å². The number of imidazole rings is 1. The zero-order valence-corrected chi connectivity index (χ0v) is 21.9. The Morgan fingerprint density at radius 1 is 1.00 bits per heavy atom. The van der Waals surface area contributed by atoms with Crippen LogP contribution in [0.2, 0.25) is 5.02 Å². The first-order chi connectivity index (χ1) is 18.5. The van der Waals surface area contributed by atoms with Crippen molar-refractivity contribution in [1.82, 2.24) is 24.4 Å². The Bertz CT molecular complexity index is 1710. The molecule has 0 atom stereocenters. The maximum atomic E-state index is 13.9. The van der Waals surface area contributed by atoms with Gasteiger partial charge in [0.05, 0.1) is 38.5 Å². The molecule has 1 amide bonds. The van der Waals surface area contributed by atoms with Gasteiger partial charge in [-0.3, -0.25) is 23.9 Å². The minimum Gasteiger partial charge on any atom is -0.349 e. The van der Waals surface area contributed by atoms with Gasteiger partial charge in [0, 0.05) is 30.4 Å². The average Bonchev–Trinajstić information content (AvgIpc) is 3.21. The Kier molecular flexibility index (Phi) is 6.45. The van der Waals surface area contributed by atoms with Gasteiger partial charge in [0.15, 0.2) is 0 Å². The molecule has 192 valence electrons. The standard InChI is InChI=1S/C30H28ClN5O2/c1-19-24(16-21(31)17-33-19)29(37)34-22-13-11-20(12-14-22)18-35-27-8-2-3-9-28(27)36(30(35)38)26-10-4-7-25-23(26)6-5-15-32-25/h2-10,15-17,20,22H,11-14,18H2,1H3,(H,34,37)/t20-,22-. The van der Waals surface area contributed by atoms with E-state index in [0.29, 0.717) is 28.7 Å². The fraction of sp³-hybridized carbons (Fsp3) is 0.267. The van der Waals surface area contributed by atoms with Gasteiger partial charge >= 0.3 is 5.69 Å². The number of nitrogens with one attached hydrogen (secondary N) is 1. The molecular formula is C30H28ClN5O2. The molecule has 0 unspecified atom stereocenters. The van der Waals surface area contributed by atoms with Crippen LogP contribution < -0.4 is 11.0 Å². The first kappa shape index (κ1) is 24.4. The molecule has 0 aliphatic heterocycles. The summed E-state index contributed by atoms with van der Waals surface area (Å²) >= 11 is 6.05. The van der Waals surface area contributed by atoms with Gasteiger partial charge in [-0.2, -0.15) is 0 Å². The summed E-state index contributed by atoms with van der Waals surface area (Å²) in [6.45, 7) is 2.46. The van der Waals surface area contributed by atoms with Crippen molar-refractivity contribution in [3.63, 3.8) is 0 Å². The molecular weight excluding hydrogens is 498 g/mol. The maximum Gasteiger partial charge on any atom is 0.333 e. The number of nitrogens with zero attached hydrogens (tertiary/aromatic N) is 4.